The second-order valence-corrected chi connectivity index (χ2v) is 6.14. The first kappa shape index (κ1) is 10.4. The van der Waals surface area contributed by atoms with Crippen LogP contribution in [0.5, 0.6) is 0 Å². The Kier molecular flexibility index (Phi) is 2.61. The van der Waals surface area contributed by atoms with Gasteiger partial charge in [-0.05, 0) is 71.0 Å². The van der Waals surface area contributed by atoms with E-state index in [1.54, 1.807) is 0 Å². The van der Waals surface area contributed by atoms with E-state index in [1.807, 2.05) is 0 Å². The van der Waals surface area contributed by atoms with Gasteiger partial charge < -0.3 is 10.6 Å². The minimum absolute atomic E-state index is 0.288. The Morgan fingerprint density at radius 1 is 1.29 bits per heavy atom. The summed E-state index contributed by atoms with van der Waals surface area (Å²) in [5, 5.41) is 7.09. The van der Waals surface area contributed by atoms with Gasteiger partial charge in [0.25, 0.3) is 0 Å². The summed E-state index contributed by atoms with van der Waals surface area (Å²) in [6.45, 7) is 10.5. The van der Waals surface area contributed by atoms with E-state index in [1.165, 1.54) is 38.9 Å². The van der Waals surface area contributed by atoms with Crippen molar-refractivity contribution in [3.05, 3.63) is 0 Å². The summed E-state index contributed by atoms with van der Waals surface area (Å²) >= 11 is 0. The van der Waals surface area contributed by atoms with Crippen LogP contribution >= 0.6 is 0 Å². The zero-order valence-electron chi connectivity index (χ0n) is 9.82. The fourth-order valence-corrected chi connectivity index (χ4v) is 2.69. The summed E-state index contributed by atoms with van der Waals surface area (Å²) in [5.41, 5.74) is 1.03. The van der Waals surface area contributed by atoms with Crippen molar-refractivity contribution in [2.75, 3.05) is 19.6 Å². The standard InChI is InChI=1S/C12H24N2/c1-11(2,3)14-9-10-8-12(10)4-6-13-7-5-12/h10,13-14H,4-9H2,1-3H3. The Morgan fingerprint density at radius 3 is 2.50 bits per heavy atom. The first-order valence-electron chi connectivity index (χ1n) is 5.98. The second kappa shape index (κ2) is 3.49. The van der Waals surface area contributed by atoms with Crippen molar-refractivity contribution in [3.8, 4) is 0 Å². The third-order valence-electron chi connectivity index (χ3n) is 3.84. The van der Waals surface area contributed by atoms with Gasteiger partial charge in [-0.25, -0.2) is 0 Å². The average Bonchev–Trinajstić information content (AvgIpc) is 2.76. The van der Waals surface area contributed by atoms with Crippen LogP contribution in [0, 0.1) is 11.3 Å². The molecule has 0 amide bonds. The van der Waals surface area contributed by atoms with Gasteiger partial charge in [-0.2, -0.15) is 0 Å². The van der Waals surface area contributed by atoms with E-state index in [-0.39, 0.29) is 5.54 Å². The van der Waals surface area contributed by atoms with Gasteiger partial charge in [0.15, 0.2) is 0 Å². The number of piperidine rings is 1. The molecule has 1 heterocycles. The quantitative estimate of drug-likeness (QED) is 0.703. The maximum absolute atomic E-state index is 3.63. The summed E-state index contributed by atoms with van der Waals surface area (Å²) in [5.74, 6) is 0.962. The van der Waals surface area contributed by atoms with E-state index >= 15 is 0 Å². The molecule has 0 aromatic heterocycles. The fourth-order valence-electron chi connectivity index (χ4n) is 2.69. The highest BCUT2D eigenvalue weighted by Crippen LogP contribution is 2.58. The molecule has 0 aromatic carbocycles. The van der Waals surface area contributed by atoms with Crippen LogP contribution in [0.3, 0.4) is 0 Å². The predicted molar refractivity (Wildman–Crippen MR) is 60.4 cm³/mol. The monoisotopic (exact) mass is 196 g/mol. The Morgan fingerprint density at radius 2 is 1.93 bits per heavy atom. The van der Waals surface area contributed by atoms with Crippen molar-refractivity contribution in [1.29, 1.82) is 0 Å². The summed E-state index contributed by atoms with van der Waals surface area (Å²) in [6.07, 6.45) is 4.28. The molecule has 2 nitrogen and oxygen atoms in total. The number of nitrogens with one attached hydrogen (secondary N) is 2. The topological polar surface area (TPSA) is 24.1 Å². The van der Waals surface area contributed by atoms with Gasteiger partial charge in [0.05, 0.1) is 0 Å². The molecule has 2 heteroatoms. The van der Waals surface area contributed by atoms with Crippen molar-refractivity contribution >= 4 is 0 Å². The molecular formula is C12H24N2. The predicted octanol–water partition coefficient (Wildman–Crippen LogP) is 1.76. The molecule has 1 saturated carbocycles. The molecule has 1 unspecified atom stereocenters. The zero-order valence-corrected chi connectivity index (χ0v) is 9.82. The van der Waals surface area contributed by atoms with E-state index in [4.69, 9.17) is 0 Å². The summed E-state index contributed by atoms with van der Waals surface area (Å²) < 4.78 is 0. The average molecular weight is 196 g/mol. The molecule has 0 aromatic rings. The lowest BCUT2D eigenvalue weighted by molar-refractivity contribution is 0.306. The normalized spacial score (nSPS) is 30.6. The van der Waals surface area contributed by atoms with E-state index in [2.05, 4.69) is 31.4 Å². The first-order valence-corrected chi connectivity index (χ1v) is 5.98. The van der Waals surface area contributed by atoms with E-state index in [9.17, 15) is 0 Å². The van der Waals surface area contributed by atoms with Gasteiger partial charge in [-0.3, -0.25) is 0 Å². The molecule has 1 saturated heterocycles. The van der Waals surface area contributed by atoms with Gasteiger partial charge in [-0.1, -0.05) is 0 Å². The SMILES string of the molecule is CC(C)(C)NCC1CC12CCNCC2. The third kappa shape index (κ3) is 2.29. The summed E-state index contributed by atoms with van der Waals surface area (Å²) in [4.78, 5) is 0. The molecule has 82 valence electrons. The molecule has 1 atom stereocenters. The lowest BCUT2D eigenvalue weighted by atomic mass is 9.92. The van der Waals surface area contributed by atoms with Crippen molar-refractivity contribution in [1.82, 2.24) is 10.6 Å². The number of hydrogen-bond donors (Lipinski definition) is 2. The first-order chi connectivity index (χ1) is 6.52. The number of rotatable bonds is 2. The molecule has 1 aliphatic heterocycles. The van der Waals surface area contributed by atoms with Crippen molar-refractivity contribution in [2.45, 2.75) is 45.6 Å². The Balaban J connectivity index is 1.75. The Hall–Kier alpha value is -0.0800. The molecule has 14 heavy (non-hydrogen) atoms. The van der Waals surface area contributed by atoms with Crippen LogP contribution in [0.1, 0.15) is 40.0 Å². The van der Waals surface area contributed by atoms with E-state index < -0.39 is 0 Å². The van der Waals surface area contributed by atoms with Crippen LogP contribution in [0.4, 0.5) is 0 Å². The molecule has 1 aliphatic carbocycles. The van der Waals surface area contributed by atoms with Gasteiger partial charge >= 0.3 is 0 Å². The maximum atomic E-state index is 3.63. The van der Waals surface area contributed by atoms with Crippen LogP contribution in [0.2, 0.25) is 0 Å². The molecule has 1 spiro atoms. The molecule has 2 rings (SSSR count). The van der Waals surface area contributed by atoms with Gasteiger partial charge in [0.1, 0.15) is 0 Å². The van der Waals surface area contributed by atoms with Gasteiger partial charge in [0.2, 0.25) is 0 Å². The lowest BCUT2D eigenvalue weighted by Gasteiger charge is -2.25. The van der Waals surface area contributed by atoms with Crippen LogP contribution < -0.4 is 10.6 Å². The van der Waals surface area contributed by atoms with Crippen molar-refractivity contribution < 1.29 is 0 Å². The van der Waals surface area contributed by atoms with Crippen molar-refractivity contribution in [2.24, 2.45) is 11.3 Å². The highest BCUT2D eigenvalue weighted by molar-refractivity contribution is 5.05. The highest BCUT2D eigenvalue weighted by Gasteiger charge is 2.53. The molecule has 0 radical (unpaired) electrons. The smallest absolute Gasteiger partial charge is 0.00966 e. The fraction of sp³-hybridized carbons (Fsp3) is 1.00. The molecular weight excluding hydrogens is 172 g/mol. The molecule has 0 bridgehead atoms. The minimum Gasteiger partial charge on any atom is -0.317 e. The van der Waals surface area contributed by atoms with Crippen molar-refractivity contribution in [3.63, 3.8) is 0 Å². The van der Waals surface area contributed by atoms with Gasteiger partial charge in [-0.15, -0.1) is 0 Å². The third-order valence-corrected chi connectivity index (χ3v) is 3.84. The maximum Gasteiger partial charge on any atom is 0.00966 e. The van der Waals surface area contributed by atoms with Crippen LogP contribution in [0.15, 0.2) is 0 Å². The van der Waals surface area contributed by atoms with E-state index in [0.717, 1.165) is 11.3 Å². The van der Waals surface area contributed by atoms with Gasteiger partial charge in [0, 0.05) is 5.54 Å². The minimum atomic E-state index is 0.288. The number of hydrogen-bond acceptors (Lipinski definition) is 2. The Labute approximate surface area is 87.8 Å². The van der Waals surface area contributed by atoms with Crippen LogP contribution in [0.25, 0.3) is 0 Å². The van der Waals surface area contributed by atoms with Crippen LogP contribution in [-0.4, -0.2) is 25.2 Å². The van der Waals surface area contributed by atoms with E-state index in [0.29, 0.717) is 0 Å². The summed E-state index contributed by atoms with van der Waals surface area (Å²) in [6, 6.07) is 0. The second-order valence-electron chi connectivity index (χ2n) is 6.14. The largest absolute Gasteiger partial charge is 0.317 e. The summed E-state index contributed by atoms with van der Waals surface area (Å²) in [7, 11) is 0. The highest BCUT2D eigenvalue weighted by atomic mass is 15.0. The lowest BCUT2D eigenvalue weighted by Crippen LogP contribution is -2.38. The zero-order chi connectivity index (χ0) is 10.2. The molecule has 2 aliphatic rings. The van der Waals surface area contributed by atoms with Crippen LogP contribution in [-0.2, 0) is 0 Å². The molecule has 2 N–H and O–H groups in total. The Bertz CT molecular complexity index is 199. The molecule has 2 fully saturated rings.